The fraction of sp³-hybridized carbons (Fsp3) is 0.214. The largest absolute Gasteiger partial charge is 0.487 e. The topological polar surface area (TPSA) is 73.1 Å². The van der Waals surface area contributed by atoms with Crippen molar-refractivity contribution in [3.63, 3.8) is 0 Å². The number of para-hydroxylation sites is 1. The van der Waals surface area contributed by atoms with Gasteiger partial charge in [0.25, 0.3) is 5.56 Å². The Balaban J connectivity index is 1.72. The zero-order valence-corrected chi connectivity index (χ0v) is 21.6. The molecule has 36 heavy (non-hydrogen) atoms. The Bertz CT molecular complexity index is 1520. The Labute approximate surface area is 215 Å². The van der Waals surface area contributed by atoms with Crippen LogP contribution in [0.25, 0.3) is 16.6 Å². The molecule has 0 N–H and O–H groups in total. The highest BCUT2D eigenvalue weighted by Gasteiger charge is 2.16. The zero-order chi connectivity index (χ0) is 25.8. The molecule has 4 aromatic rings. The van der Waals surface area contributed by atoms with E-state index >= 15 is 0 Å². The van der Waals surface area contributed by atoms with Gasteiger partial charge in [0.1, 0.15) is 17.9 Å². The number of aryl methyl sites for hydroxylation is 2. The minimum absolute atomic E-state index is 0.185. The summed E-state index contributed by atoms with van der Waals surface area (Å²) in [5.74, 6) is 0.638. The van der Waals surface area contributed by atoms with Crippen molar-refractivity contribution in [1.82, 2.24) is 24.6 Å². The normalized spacial score (nSPS) is 11.5. The molecule has 0 bridgehead atoms. The van der Waals surface area contributed by atoms with E-state index in [1.165, 1.54) is 10.7 Å². The van der Waals surface area contributed by atoms with Gasteiger partial charge in [0, 0.05) is 66.0 Å². The quantitative estimate of drug-likeness (QED) is 0.310. The molecule has 0 aliphatic heterocycles. The SMILES string of the molecule is C=C/C=C(/c1cc(C)nc2c(OCc3c(Cl)cncc3Cn3nc(C)ccc3=O)cccc12)N(C)C. The van der Waals surface area contributed by atoms with Crippen LogP contribution in [0.1, 0.15) is 28.1 Å². The molecule has 0 spiro atoms. The molecule has 4 rings (SSSR count). The van der Waals surface area contributed by atoms with Crippen molar-refractivity contribution in [1.29, 1.82) is 0 Å². The van der Waals surface area contributed by atoms with E-state index < -0.39 is 0 Å². The molecular formula is C28H28ClN5O2. The third-order valence-electron chi connectivity index (χ3n) is 5.75. The predicted molar refractivity (Wildman–Crippen MR) is 144 cm³/mol. The average molecular weight is 502 g/mol. The molecule has 0 aliphatic carbocycles. The van der Waals surface area contributed by atoms with Gasteiger partial charge in [-0.25, -0.2) is 9.67 Å². The van der Waals surface area contributed by atoms with Crippen LogP contribution in [0.3, 0.4) is 0 Å². The van der Waals surface area contributed by atoms with E-state index in [4.69, 9.17) is 21.3 Å². The van der Waals surface area contributed by atoms with E-state index in [0.29, 0.717) is 10.8 Å². The fourth-order valence-corrected chi connectivity index (χ4v) is 4.28. The number of halogens is 1. The van der Waals surface area contributed by atoms with Gasteiger partial charge in [0.2, 0.25) is 0 Å². The minimum Gasteiger partial charge on any atom is -0.487 e. The van der Waals surface area contributed by atoms with Crippen molar-refractivity contribution in [3.05, 3.63) is 111 Å². The number of fused-ring (bicyclic) bond motifs is 1. The Morgan fingerprint density at radius 1 is 1.17 bits per heavy atom. The standard InChI is InChI=1S/C28H28ClN5O2/c1-6-8-25(33(4)5)22-13-19(3)31-28-21(22)9-7-10-26(28)36-17-23-20(14-30-15-24(23)29)16-34-27(35)12-11-18(2)32-34/h6-15H,1,16-17H2,2-5H3/b25-8-. The molecule has 7 nitrogen and oxygen atoms in total. The van der Waals surface area contributed by atoms with Gasteiger partial charge in [-0.2, -0.15) is 5.10 Å². The molecular weight excluding hydrogens is 474 g/mol. The Morgan fingerprint density at radius 3 is 2.72 bits per heavy atom. The lowest BCUT2D eigenvalue weighted by molar-refractivity contribution is 0.307. The van der Waals surface area contributed by atoms with Crippen LogP contribution in [-0.4, -0.2) is 38.7 Å². The van der Waals surface area contributed by atoms with Crippen molar-refractivity contribution in [3.8, 4) is 5.75 Å². The number of allylic oxidation sites excluding steroid dienone is 2. The summed E-state index contributed by atoms with van der Waals surface area (Å²) in [6.45, 7) is 8.09. The highest BCUT2D eigenvalue weighted by atomic mass is 35.5. The van der Waals surface area contributed by atoms with E-state index in [9.17, 15) is 4.79 Å². The van der Waals surface area contributed by atoms with Gasteiger partial charge in [-0.1, -0.05) is 36.4 Å². The van der Waals surface area contributed by atoms with Crippen LogP contribution in [0.2, 0.25) is 5.02 Å². The van der Waals surface area contributed by atoms with Crippen molar-refractivity contribution in [2.45, 2.75) is 27.0 Å². The number of hydrogen-bond acceptors (Lipinski definition) is 6. The van der Waals surface area contributed by atoms with Crippen LogP contribution in [-0.2, 0) is 13.2 Å². The summed E-state index contributed by atoms with van der Waals surface area (Å²) in [5.41, 5.74) is 5.75. The average Bonchev–Trinajstić information content (AvgIpc) is 2.84. The Morgan fingerprint density at radius 2 is 1.97 bits per heavy atom. The molecule has 0 fully saturated rings. The first-order chi connectivity index (χ1) is 17.3. The van der Waals surface area contributed by atoms with E-state index in [1.807, 2.05) is 57.1 Å². The number of rotatable bonds is 8. The van der Waals surface area contributed by atoms with Crippen LogP contribution in [0.5, 0.6) is 5.75 Å². The molecule has 3 aromatic heterocycles. The molecule has 1 aromatic carbocycles. The summed E-state index contributed by atoms with van der Waals surface area (Å²) in [7, 11) is 4.00. The molecule has 0 atom stereocenters. The van der Waals surface area contributed by atoms with Gasteiger partial charge >= 0.3 is 0 Å². The smallest absolute Gasteiger partial charge is 0.267 e. The number of ether oxygens (including phenoxy) is 1. The van der Waals surface area contributed by atoms with Gasteiger partial charge in [0.05, 0.1) is 17.3 Å². The summed E-state index contributed by atoms with van der Waals surface area (Å²) >= 11 is 6.52. The second-order valence-electron chi connectivity index (χ2n) is 8.66. The lowest BCUT2D eigenvalue weighted by Gasteiger charge is -2.20. The molecule has 0 unspecified atom stereocenters. The van der Waals surface area contributed by atoms with Crippen LogP contribution in [0.4, 0.5) is 0 Å². The summed E-state index contributed by atoms with van der Waals surface area (Å²) in [5, 5.41) is 5.76. The van der Waals surface area contributed by atoms with Crippen molar-refractivity contribution >= 4 is 28.2 Å². The summed E-state index contributed by atoms with van der Waals surface area (Å²) in [6.07, 6.45) is 7.02. The first-order valence-electron chi connectivity index (χ1n) is 11.5. The summed E-state index contributed by atoms with van der Waals surface area (Å²) in [6, 6.07) is 11.1. The minimum atomic E-state index is -0.196. The molecule has 0 amide bonds. The zero-order valence-electron chi connectivity index (χ0n) is 20.8. The lowest BCUT2D eigenvalue weighted by Crippen LogP contribution is -2.23. The third-order valence-corrected chi connectivity index (χ3v) is 6.08. The highest BCUT2D eigenvalue weighted by Crippen LogP contribution is 2.32. The first kappa shape index (κ1) is 25.1. The lowest BCUT2D eigenvalue weighted by atomic mass is 10.0. The summed E-state index contributed by atoms with van der Waals surface area (Å²) < 4.78 is 7.69. The monoisotopic (exact) mass is 501 g/mol. The second-order valence-corrected chi connectivity index (χ2v) is 9.07. The van der Waals surface area contributed by atoms with Crippen LogP contribution in [0, 0.1) is 13.8 Å². The molecule has 0 saturated heterocycles. The van der Waals surface area contributed by atoms with Crippen LogP contribution < -0.4 is 10.3 Å². The van der Waals surface area contributed by atoms with Gasteiger partial charge in [-0.15, -0.1) is 0 Å². The van der Waals surface area contributed by atoms with Crippen LogP contribution >= 0.6 is 11.6 Å². The first-order valence-corrected chi connectivity index (χ1v) is 11.9. The fourth-order valence-electron chi connectivity index (χ4n) is 4.05. The Kier molecular flexibility index (Phi) is 7.50. The highest BCUT2D eigenvalue weighted by molar-refractivity contribution is 6.31. The van der Waals surface area contributed by atoms with Gasteiger partial charge in [0.15, 0.2) is 0 Å². The molecule has 0 radical (unpaired) electrons. The van der Waals surface area contributed by atoms with Crippen LogP contribution in [0.15, 0.2) is 72.3 Å². The number of hydrogen-bond donors (Lipinski definition) is 0. The maximum absolute atomic E-state index is 12.3. The molecule has 3 heterocycles. The van der Waals surface area contributed by atoms with E-state index in [1.54, 1.807) is 24.5 Å². The summed E-state index contributed by atoms with van der Waals surface area (Å²) in [4.78, 5) is 23.4. The predicted octanol–water partition coefficient (Wildman–Crippen LogP) is 5.17. The van der Waals surface area contributed by atoms with Crippen molar-refractivity contribution in [2.24, 2.45) is 0 Å². The third kappa shape index (κ3) is 5.31. The maximum atomic E-state index is 12.3. The number of benzene rings is 1. The van der Waals surface area contributed by atoms with Gasteiger partial charge in [-0.05, 0) is 38.1 Å². The second kappa shape index (κ2) is 10.7. The molecule has 184 valence electrons. The number of nitrogens with zero attached hydrogens (tertiary/aromatic N) is 5. The number of aromatic nitrogens is 4. The van der Waals surface area contributed by atoms with E-state index in [-0.39, 0.29) is 18.7 Å². The molecule has 0 saturated carbocycles. The Hall–Kier alpha value is -3.97. The number of pyridine rings is 2. The molecule has 0 aliphatic rings. The van der Waals surface area contributed by atoms with Gasteiger partial charge in [-0.3, -0.25) is 9.78 Å². The van der Waals surface area contributed by atoms with E-state index in [0.717, 1.165) is 44.7 Å². The van der Waals surface area contributed by atoms with Crippen molar-refractivity contribution in [2.75, 3.05) is 14.1 Å². The molecule has 8 heteroatoms. The maximum Gasteiger partial charge on any atom is 0.267 e. The van der Waals surface area contributed by atoms with E-state index in [2.05, 4.69) is 22.7 Å². The van der Waals surface area contributed by atoms with Crippen molar-refractivity contribution < 1.29 is 4.74 Å². The van der Waals surface area contributed by atoms with Gasteiger partial charge < -0.3 is 9.64 Å².